The summed E-state index contributed by atoms with van der Waals surface area (Å²) in [5.41, 5.74) is 0.0584. The van der Waals surface area contributed by atoms with E-state index in [1.54, 1.807) is 0 Å². The van der Waals surface area contributed by atoms with Crippen molar-refractivity contribution in [3.63, 3.8) is 0 Å². The van der Waals surface area contributed by atoms with Crippen molar-refractivity contribution < 1.29 is 22.1 Å². The average molecular weight is 466 g/mol. The van der Waals surface area contributed by atoms with Gasteiger partial charge in [0.2, 0.25) is 0 Å². The molecule has 2 aliphatic heterocycles. The number of anilines is 1. The third-order valence-corrected chi connectivity index (χ3v) is 7.62. The predicted molar refractivity (Wildman–Crippen MR) is 113 cm³/mol. The molecule has 3 atom stereocenters. The first-order valence-electron chi connectivity index (χ1n) is 9.97. The topological polar surface area (TPSA) is 107 Å². The second kappa shape index (κ2) is 7.34. The molecule has 0 amide bonds. The minimum absolute atomic E-state index is 0.0932. The van der Waals surface area contributed by atoms with Crippen LogP contribution in [0.15, 0.2) is 36.7 Å². The van der Waals surface area contributed by atoms with E-state index in [0.29, 0.717) is 25.4 Å². The number of hydrogen-bond donors (Lipinski definition) is 3. The molecule has 1 aromatic carbocycles. The van der Waals surface area contributed by atoms with E-state index in [9.17, 15) is 17.4 Å². The lowest BCUT2D eigenvalue weighted by atomic mass is 9.93. The zero-order valence-corrected chi connectivity index (χ0v) is 17.8. The Morgan fingerprint density at radius 2 is 2.03 bits per heavy atom. The van der Waals surface area contributed by atoms with Crippen LogP contribution in [0, 0.1) is 4.78 Å². The number of para-hydroxylation sites is 1. The molecule has 1 saturated heterocycles. The number of nitrogens with one attached hydrogen (secondary N) is 3. The molecule has 0 aliphatic carbocycles. The first-order chi connectivity index (χ1) is 15.1. The van der Waals surface area contributed by atoms with Crippen molar-refractivity contribution in [2.75, 3.05) is 31.3 Å². The molecule has 0 spiro atoms. The molecular formula is C20H21F3N6O2S. The third kappa shape index (κ3) is 3.66. The van der Waals surface area contributed by atoms with Gasteiger partial charge in [-0.3, -0.25) is 9.68 Å². The molecule has 0 saturated carbocycles. The Bertz CT molecular complexity index is 1270. The molecule has 3 unspecified atom stereocenters. The number of alkyl halides is 3. The van der Waals surface area contributed by atoms with Gasteiger partial charge in [0.05, 0.1) is 22.7 Å². The van der Waals surface area contributed by atoms with Gasteiger partial charge in [-0.2, -0.15) is 13.2 Å². The number of likely N-dealkylation sites (tertiary alicyclic amines) is 1. The highest BCUT2D eigenvalue weighted by atomic mass is 32.2. The van der Waals surface area contributed by atoms with Crippen LogP contribution >= 0.6 is 0 Å². The van der Waals surface area contributed by atoms with Crippen molar-refractivity contribution in [2.45, 2.75) is 23.5 Å². The molecule has 1 fully saturated rings. The van der Waals surface area contributed by atoms with Crippen LogP contribution in [0.2, 0.25) is 0 Å². The Hall–Kier alpha value is -2.86. The van der Waals surface area contributed by atoms with Crippen molar-refractivity contribution >= 4 is 26.6 Å². The first-order valence-corrected chi connectivity index (χ1v) is 12.0. The molecule has 3 aromatic rings. The number of fused-ring (bicyclic) bond motifs is 2. The molecule has 4 heterocycles. The fraction of sp³-hybridized carbons (Fsp3) is 0.400. The van der Waals surface area contributed by atoms with Gasteiger partial charge < -0.3 is 15.0 Å². The maximum atomic E-state index is 13.2. The number of benzene rings is 1. The van der Waals surface area contributed by atoms with Crippen molar-refractivity contribution in [3.8, 4) is 5.75 Å². The minimum atomic E-state index is -4.53. The highest BCUT2D eigenvalue weighted by molar-refractivity contribution is 7.92. The average Bonchev–Trinajstić information content (AvgIpc) is 3.13. The number of hydrogen-bond acceptors (Lipinski definition) is 7. The Labute approximate surface area is 182 Å². The van der Waals surface area contributed by atoms with E-state index >= 15 is 0 Å². The monoisotopic (exact) mass is 466 g/mol. The SMILES string of the molecule is CS(=N)(=O)C1CN(C2COc3ccccc3C2Nc2ncnc3[nH]c(C(F)(F)F)cc23)C1. The van der Waals surface area contributed by atoms with Crippen molar-refractivity contribution in [2.24, 2.45) is 0 Å². The fourth-order valence-corrected chi connectivity index (χ4v) is 5.17. The van der Waals surface area contributed by atoms with Gasteiger partial charge in [-0.1, -0.05) is 18.2 Å². The third-order valence-electron chi connectivity index (χ3n) is 6.05. The highest BCUT2D eigenvalue weighted by Gasteiger charge is 2.43. The summed E-state index contributed by atoms with van der Waals surface area (Å²) in [5, 5.41) is 3.34. The van der Waals surface area contributed by atoms with Gasteiger partial charge in [-0.15, -0.1) is 0 Å². The van der Waals surface area contributed by atoms with Crippen molar-refractivity contribution in [1.82, 2.24) is 19.9 Å². The predicted octanol–water partition coefficient (Wildman–Crippen LogP) is 3.25. The second-order valence-corrected chi connectivity index (χ2v) is 10.7. The number of rotatable bonds is 4. The summed E-state index contributed by atoms with van der Waals surface area (Å²) in [6.07, 6.45) is -1.87. The molecule has 170 valence electrons. The Kier molecular flexibility index (Phi) is 4.82. The van der Waals surface area contributed by atoms with E-state index in [1.165, 1.54) is 12.6 Å². The summed E-state index contributed by atoms with van der Waals surface area (Å²) in [4.78, 5) is 12.6. The number of H-pyrrole nitrogens is 1. The minimum Gasteiger partial charge on any atom is -0.491 e. The molecule has 32 heavy (non-hydrogen) atoms. The van der Waals surface area contributed by atoms with Gasteiger partial charge in [0, 0.05) is 34.6 Å². The Balaban J connectivity index is 1.50. The van der Waals surface area contributed by atoms with Crippen molar-refractivity contribution in [3.05, 3.63) is 47.9 Å². The zero-order chi connectivity index (χ0) is 22.7. The van der Waals surface area contributed by atoms with E-state index in [0.717, 1.165) is 11.6 Å². The molecular weight excluding hydrogens is 445 g/mol. The van der Waals surface area contributed by atoms with Gasteiger partial charge >= 0.3 is 6.18 Å². The van der Waals surface area contributed by atoms with Crippen LogP contribution in [-0.4, -0.2) is 61.3 Å². The smallest absolute Gasteiger partial charge is 0.431 e. The zero-order valence-electron chi connectivity index (χ0n) is 17.0. The van der Waals surface area contributed by atoms with E-state index in [-0.39, 0.29) is 34.2 Å². The summed E-state index contributed by atoms with van der Waals surface area (Å²) in [6.45, 7) is 1.34. The fourth-order valence-electron chi connectivity index (χ4n) is 4.22. The van der Waals surface area contributed by atoms with Crippen LogP contribution in [0.5, 0.6) is 5.75 Å². The van der Waals surface area contributed by atoms with Gasteiger partial charge in [-0.05, 0) is 12.1 Å². The molecule has 3 N–H and O–H groups in total. The molecule has 0 radical (unpaired) electrons. The molecule has 2 aromatic heterocycles. The molecule has 5 rings (SSSR count). The molecule has 0 bridgehead atoms. The summed E-state index contributed by atoms with van der Waals surface area (Å²) in [7, 11) is -2.65. The van der Waals surface area contributed by atoms with Gasteiger partial charge in [-0.25, -0.2) is 14.2 Å². The summed E-state index contributed by atoms with van der Waals surface area (Å²) < 4.78 is 65.5. The van der Waals surface area contributed by atoms with E-state index in [1.807, 2.05) is 24.3 Å². The lowest BCUT2D eigenvalue weighted by molar-refractivity contribution is -0.140. The molecule has 2 aliphatic rings. The Morgan fingerprint density at radius 1 is 1.28 bits per heavy atom. The Morgan fingerprint density at radius 3 is 2.75 bits per heavy atom. The number of aromatic amines is 1. The standard InChI is InChI=1S/C20H21F3N6O2S/c1-32(24,30)11-7-29(8-11)14-9-31-15-5-3-2-4-12(15)17(14)28-19-13-6-16(20(21,22)23)27-18(13)25-10-26-19/h2-6,10-11,14,17,24H,7-9H2,1H3,(H2,25,26,27,28). The summed E-state index contributed by atoms with van der Waals surface area (Å²) in [5.74, 6) is 0.971. The number of ether oxygens (including phenoxy) is 1. The van der Waals surface area contributed by atoms with Crippen LogP contribution in [-0.2, 0) is 15.9 Å². The van der Waals surface area contributed by atoms with Crippen LogP contribution in [0.3, 0.4) is 0 Å². The maximum absolute atomic E-state index is 13.2. The highest BCUT2D eigenvalue weighted by Crippen LogP contribution is 2.40. The second-order valence-electron chi connectivity index (χ2n) is 8.18. The normalized spacial score (nSPS) is 23.8. The maximum Gasteiger partial charge on any atom is 0.431 e. The van der Waals surface area contributed by atoms with Crippen molar-refractivity contribution in [1.29, 1.82) is 4.78 Å². The van der Waals surface area contributed by atoms with Crippen LogP contribution in [0.25, 0.3) is 11.0 Å². The van der Waals surface area contributed by atoms with Gasteiger partial charge in [0.15, 0.2) is 0 Å². The quantitative estimate of drug-likeness (QED) is 0.545. The lowest BCUT2D eigenvalue weighted by Gasteiger charge is -2.48. The van der Waals surface area contributed by atoms with Crippen LogP contribution in [0.4, 0.5) is 19.0 Å². The molecule has 12 heteroatoms. The van der Waals surface area contributed by atoms with Gasteiger partial charge in [0.25, 0.3) is 0 Å². The van der Waals surface area contributed by atoms with E-state index < -0.39 is 21.6 Å². The lowest BCUT2D eigenvalue weighted by Crippen LogP contribution is -2.62. The van der Waals surface area contributed by atoms with Gasteiger partial charge in [0.1, 0.15) is 35.8 Å². The van der Waals surface area contributed by atoms with E-state index in [4.69, 9.17) is 9.52 Å². The molecule has 8 nitrogen and oxygen atoms in total. The summed E-state index contributed by atoms with van der Waals surface area (Å²) in [6, 6.07) is 7.97. The first kappa shape index (κ1) is 21.0. The number of aromatic nitrogens is 3. The summed E-state index contributed by atoms with van der Waals surface area (Å²) >= 11 is 0. The number of nitrogens with zero attached hydrogens (tertiary/aromatic N) is 3. The largest absolute Gasteiger partial charge is 0.491 e. The van der Waals surface area contributed by atoms with E-state index in [2.05, 4.69) is 25.2 Å². The number of halogens is 3. The van der Waals surface area contributed by atoms with Crippen LogP contribution < -0.4 is 10.1 Å². The van der Waals surface area contributed by atoms with Crippen LogP contribution in [0.1, 0.15) is 17.3 Å².